The van der Waals surface area contributed by atoms with Gasteiger partial charge in [-0.15, -0.1) is 0 Å². The fraction of sp³-hybridized carbons (Fsp3) is 0.278. The maximum Gasteiger partial charge on any atom is 0.387 e. The number of hydrogen-bond acceptors (Lipinski definition) is 5. The van der Waals surface area contributed by atoms with Crippen molar-refractivity contribution in [3.8, 4) is 11.5 Å². The second-order valence-corrected chi connectivity index (χ2v) is 7.39. The summed E-state index contributed by atoms with van der Waals surface area (Å²) < 4.78 is 57.8. The monoisotopic (exact) mass is 428 g/mol. The lowest BCUT2D eigenvalue weighted by Crippen LogP contribution is -2.36. The molecular weight excluding hydrogens is 406 g/mol. The zero-order chi connectivity index (χ0) is 21.4. The molecule has 2 rings (SSSR count). The number of methoxy groups -OCH3 is 1. The maximum atomic E-state index is 12.6. The summed E-state index contributed by atoms with van der Waals surface area (Å²) in [6, 6.07) is 10.7. The van der Waals surface area contributed by atoms with Crippen molar-refractivity contribution in [2.24, 2.45) is 10.1 Å². The molecule has 0 fully saturated rings. The van der Waals surface area contributed by atoms with Crippen LogP contribution >= 0.6 is 0 Å². The molecule has 0 amide bonds. The standard InChI is InChI=1S/C18H22F2N4O4S/c1-22-18(23-10-12-4-3-5-15(8-12)29(21,25)26)24-11-13-9-14(27-2)6-7-16(13)28-17(19)20/h3-9,17H,10-11H2,1-2H3,(H2,21,25,26)(H2,22,23,24). The quantitative estimate of drug-likeness (QED) is 0.436. The molecule has 158 valence electrons. The lowest BCUT2D eigenvalue weighted by Gasteiger charge is -2.15. The van der Waals surface area contributed by atoms with Crippen LogP contribution in [0.5, 0.6) is 11.5 Å². The highest BCUT2D eigenvalue weighted by Gasteiger charge is 2.12. The van der Waals surface area contributed by atoms with E-state index in [1.54, 1.807) is 18.2 Å². The van der Waals surface area contributed by atoms with Gasteiger partial charge in [-0.05, 0) is 35.9 Å². The topological polar surface area (TPSA) is 115 Å². The number of primary sulfonamides is 1. The minimum atomic E-state index is -3.80. The SMILES string of the molecule is CN=C(NCc1cccc(S(N)(=O)=O)c1)NCc1cc(OC)ccc1OC(F)F. The van der Waals surface area contributed by atoms with Crippen LogP contribution in [0.3, 0.4) is 0 Å². The van der Waals surface area contributed by atoms with E-state index in [1.165, 1.54) is 38.4 Å². The molecule has 0 aliphatic heterocycles. The van der Waals surface area contributed by atoms with E-state index in [4.69, 9.17) is 9.88 Å². The normalized spacial score (nSPS) is 12.0. The van der Waals surface area contributed by atoms with Gasteiger partial charge in [-0.1, -0.05) is 12.1 Å². The molecule has 29 heavy (non-hydrogen) atoms. The molecule has 0 heterocycles. The number of rotatable bonds is 8. The Morgan fingerprint density at radius 1 is 1.17 bits per heavy atom. The fourth-order valence-electron chi connectivity index (χ4n) is 2.45. The van der Waals surface area contributed by atoms with Gasteiger partial charge in [-0.25, -0.2) is 13.6 Å². The van der Waals surface area contributed by atoms with Crippen LogP contribution < -0.4 is 25.2 Å². The van der Waals surface area contributed by atoms with Crippen LogP contribution in [0.4, 0.5) is 8.78 Å². The zero-order valence-electron chi connectivity index (χ0n) is 15.9. The van der Waals surface area contributed by atoms with Crippen LogP contribution in [-0.4, -0.2) is 35.1 Å². The van der Waals surface area contributed by atoms with Crippen molar-refractivity contribution >= 4 is 16.0 Å². The van der Waals surface area contributed by atoms with Crippen molar-refractivity contribution in [2.45, 2.75) is 24.6 Å². The third kappa shape index (κ3) is 6.88. The van der Waals surface area contributed by atoms with E-state index in [0.717, 1.165) is 0 Å². The molecule has 2 aromatic carbocycles. The highest BCUT2D eigenvalue weighted by Crippen LogP contribution is 2.25. The molecule has 4 N–H and O–H groups in total. The van der Waals surface area contributed by atoms with Gasteiger partial charge in [0.05, 0.1) is 12.0 Å². The number of hydrogen-bond donors (Lipinski definition) is 3. The van der Waals surface area contributed by atoms with E-state index < -0.39 is 16.6 Å². The van der Waals surface area contributed by atoms with Crippen molar-refractivity contribution in [3.05, 3.63) is 53.6 Å². The summed E-state index contributed by atoms with van der Waals surface area (Å²) in [4.78, 5) is 4.06. The number of benzene rings is 2. The Morgan fingerprint density at radius 3 is 2.52 bits per heavy atom. The van der Waals surface area contributed by atoms with Crippen LogP contribution in [0.2, 0.25) is 0 Å². The number of nitrogens with two attached hydrogens (primary N) is 1. The Labute approximate surface area is 167 Å². The Balaban J connectivity index is 2.04. The number of sulfonamides is 1. The van der Waals surface area contributed by atoms with Crippen molar-refractivity contribution in [1.29, 1.82) is 0 Å². The fourth-order valence-corrected chi connectivity index (χ4v) is 3.03. The summed E-state index contributed by atoms with van der Waals surface area (Å²) in [6.45, 7) is -2.55. The van der Waals surface area contributed by atoms with Crippen LogP contribution in [0.1, 0.15) is 11.1 Å². The summed E-state index contributed by atoms with van der Waals surface area (Å²) in [5.41, 5.74) is 1.12. The number of nitrogens with one attached hydrogen (secondary N) is 2. The second kappa shape index (κ2) is 10.0. The van der Waals surface area contributed by atoms with E-state index in [0.29, 0.717) is 22.8 Å². The van der Waals surface area contributed by atoms with Gasteiger partial charge < -0.3 is 20.1 Å². The molecule has 0 aliphatic rings. The molecular formula is C18H22F2N4O4S. The van der Waals surface area contributed by atoms with E-state index in [2.05, 4.69) is 20.4 Å². The van der Waals surface area contributed by atoms with Crippen LogP contribution in [-0.2, 0) is 23.1 Å². The van der Waals surface area contributed by atoms with Crippen molar-refractivity contribution in [3.63, 3.8) is 0 Å². The molecule has 0 bridgehead atoms. The molecule has 0 atom stereocenters. The van der Waals surface area contributed by atoms with Gasteiger partial charge in [0, 0.05) is 25.7 Å². The van der Waals surface area contributed by atoms with Gasteiger partial charge in [0.2, 0.25) is 10.0 Å². The number of guanidine groups is 1. The van der Waals surface area contributed by atoms with E-state index in [9.17, 15) is 17.2 Å². The summed E-state index contributed by atoms with van der Waals surface area (Å²) >= 11 is 0. The van der Waals surface area contributed by atoms with Gasteiger partial charge in [-0.3, -0.25) is 4.99 Å². The predicted molar refractivity (Wildman–Crippen MR) is 104 cm³/mol. The number of aliphatic imine (C=N–C) groups is 1. The minimum Gasteiger partial charge on any atom is -0.497 e. The summed E-state index contributed by atoms with van der Waals surface area (Å²) in [6.07, 6.45) is 0. The molecule has 11 heteroatoms. The average Bonchev–Trinajstić information content (AvgIpc) is 2.68. The lowest BCUT2D eigenvalue weighted by molar-refractivity contribution is -0.0505. The predicted octanol–water partition coefficient (Wildman–Crippen LogP) is 1.81. The number of nitrogens with zero attached hydrogens (tertiary/aromatic N) is 1. The molecule has 0 aliphatic carbocycles. The van der Waals surface area contributed by atoms with Crippen molar-refractivity contribution < 1.29 is 26.7 Å². The Bertz CT molecular complexity index is 968. The van der Waals surface area contributed by atoms with E-state index >= 15 is 0 Å². The first kappa shape index (κ1) is 22.4. The van der Waals surface area contributed by atoms with Crippen LogP contribution in [0, 0.1) is 0 Å². The number of ether oxygens (including phenoxy) is 2. The highest BCUT2D eigenvalue weighted by molar-refractivity contribution is 7.89. The first-order valence-corrected chi connectivity index (χ1v) is 9.95. The molecule has 0 saturated carbocycles. The molecule has 0 spiro atoms. The van der Waals surface area contributed by atoms with E-state index in [1.807, 2.05) is 0 Å². The summed E-state index contributed by atoms with van der Waals surface area (Å²) in [7, 11) is -0.789. The molecule has 0 saturated heterocycles. The highest BCUT2D eigenvalue weighted by atomic mass is 32.2. The van der Waals surface area contributed by atoms with Crippen molar-refractivity contribution in [2.75, 3.05) is 14.2 Å². The third-order valence-corrected chi connectivity index (χ3v) is 4.75. The molecule has 0 unspecified atom stereocenters. The number of alkyl halides is 2. The molecule has 2 aromatic rings. The average molecular weight is 428 g/mol. The Kier molecular flexibility index (Phi) is 7.74. The van der Waals surface area contributed by atoms with Crippen molar-refractivity contribution in [1.82, 2.24) is 10.6 Å². The van der Waals surface area contributed by atoms with Crippen LogP contribution in [0.25, 0.3) is 0 Å². The van der Waals surface area contributed by atoms with Gasteiger partial charge in [0.15, 0.2) is 5.96 Å². The second-order valence-electron chi connectivity index (χ2n) is 5.82. The van der Waals surface area contributed by atoms with Gasteiger partial charge in [0.25, 0.3) is 0 Å². The van der Waals surface area contributed by atoms with Gasteiger partial charge in [0.1, 0.15) is 11.5 Å². The third-order valence-electron chi connectivity index (χ3n) is 3.84. The lowest BCUT2D eigenvalue weighted by atomic mass is 10.2. The first-order valence-electron chi connectivity index (χ1n) is 8.41. The van der Waals surface area contributed by atoms with Crippen LogP contribution in [0.15, 0.2) is 52.4 Å². The summed E-state index contributed by atoms with van der Waals surface area (Å²) in [5.74, 6) is 0.882. The first-order chi connectivity index (χ1) is 13.7. The van der Waals surface area contributed by atoms with Gasteiger partial charge >= 0.3 is 6.61 Å². The molecule has 0 radical (unpaired) electrons. The minimum absolute atomic E-state index is 0.00455. The smallest absolute Gasteiger partial charge is 0.387 e. The molecule has 0 aromatic heterocycles. The largest absolute Gasteiger partial charge is 0.497 e. The zero-order valence-corrected chi connectivity index (χ0v) is 16.7. The Hall–Kier alpha value is -2.92. The molecule has 8 nitrogen and oxygen atoms in total. The van der Waals surface area contributed by atoms with E-state index in [-0.39, 0.29) is 23.7 Å². The van der Waals surface area contributed by atoms with Gasteiger partial charge in [-0.2, -0.15) is 8.78 Å². The number of halogens is 2. The Morgan fingerprint density at radius 2 is 1.90 bits per heavy atom. The maximum absolute atomic E-state index is 12.6. The summed E-state index contributed by atoms with van der Waals surface area (Å²) in [5, 5.41) is 11.1.